The lowest BCUT2D eigenvalue weighted by Crippen LogP contribution is -2.54. The fourth-order valence-electron chi connectivity index (χ4n) is 2.45. The Kier molecular flexibility index (Phi) is 4.96. The van der Waals surface area contributed by atoms with Crippen molar-refractivity contribution in [1.29, 1.82) is 0 Å². The first-order valence-electron chi connectivity index (χ1n) is 6.86. The van der Waals surface area contributed by atoms with Crippen molar-refractivity contribution in [3.63, 3.8) is 0 Å². The molecule has 0 aromatic rings. The van der Waals surface area contributed by atoms with Crippen LogP contribution >= 0.6 is 0 Å². The maximum atomic E-state index is 12.0. The van der Waals surface area contributed by atoms with E-state index >= 15 is 0 Å². The first-order chi connectivity index (χ1) is 8.71. The number of carboxylic acid groups (broad SMARTS) is 1. The van der Waals surface area contributed by atoms with Gasteiger partial charge in [0.25, 0.3) is 0 Å². The van der Waals surface area contributed by atoms with E-state index in [1.165, 1.54) is 13.8 Å². The van der Waals surface area contributed by atoms with Crippen molar-refractivity contribution < 1.29 is 19.8 Å². The molecular formula is C14H25NO4. The summed E-state index contributed by atoms with van der Waals surface area (Å²) in [6.07, 6.45) is 3.39. The average molecular weight is 271 g/mol. The molecule has 0 bridgehead atoms. The monoisotopic (exact) mass is 271 g/mol. The molecule has 19 heavy (non-hydrogen) atoms. The van der Waals surface area contributed by atoms with Crippen LogP contribution in [0, 0.1) is 11.3 Å². The molecule has 0 atom stereocenters. The van der Waals surface area contributed by atoms with Crippen LogP contribution < -0.4 is 5.32 Å². The SMILES string of the molecule is CC1CCC(CO)(NC(=O)CC(C)(C)C(=O)O)CC1. The van der Waals surface area contributed by atoms with Crippen LogP contribution in [0.15, 0.2) is 0 Å². The number of hydrogen-bond acceptors (Lipinski definition) is 3. The number of aliphatic hydroxyl groups is 1. The molecule has 0 aromatic heterocycles. The number of carboxylic acids is 1. The second-order valence-electron chi connectivity index (χ2n) is 6.53. The molecule has 1 aliphatic rings. The Morgan fingerprint density at radius 2 is 1.84 bits per heavy atom. The molecule has 5 nitrogen and oxygen atoms in total. The van der Waals surface area contributed by atoms with Gasteiger partial charge in [-0.15, -0.1) is 0 Å². The van der Waals surface area contributed by atoms with E-state index in [9.17, 15) is 14.7 Å². The summed E-state index contributed by atoms with van der Waals surface area (Å²) in [6.45, 7) is 5.14. The van der Waals surface area contributed by atoms with Gasteiger partial charge in [0.1, 0.15) is 0 Å². The van der Waals surface area contributed by atoms with E-state index in [2.05, 4.69) is 12.2 Å². The van der Waals surface area contributed by atoms with Crippen LogP contribution in [0.2, 0.25) is 0 Å². The number of hydrogen-bond donors (Lipinski definition) is 3. The van der Waals surface area contributed by atoms with Crippen molar-refractivity contribution >= 4 is 11.9 Å². The van der Waals surface area contributed by atoms with Gasteiger partial charge in [0.05, 0.1) is 17.6 Å². The van der Waals surface area contributed by atoms with Gasteiger partial charge in [-0.1, -0.05) is 6.92 Å². The highest BCUT2D eigenvalue weighted by molar-refractivity contribution is 5.84. The Labute approximate surface area is 114 Å². The van der Waals surface area contributed by atoms with Gasteiger partial charge in [-0.2, -0.15) is 0 Å². The average Bonchev–Trinajstić information content (AvgIpc) is 2.31. The summed E-state index contributed by atoms with van der Waals surface area (Å²) >= 11 is 0. The van der Waals surface area contributed by atoms with E-state index in [1.807, 2.05) is 0 Å². The van der Waals surface area contributed by atoms with Gasteiger partial charge in [-0.3, -0.25) is 9.59 Å². The number of carbonyl (C=O) groups is 2. The van der Waals surface area contributed by atoms with E-state index in [-0.39, 0.29) is 18.9 Å². The minimum atomic E-state index is -1.08. The van der Waals surface area contributed by atoms with Crippen LogP contribution in [0.3, 0.4) is 0 Å². The zero-order valence-corrected chi connectivity index (χ0v) is 12.0. The number of aliphatic hydroxyl groups excluding tert-OH is 1. The Bertz CT molecular complexity index is 343. The highest BCUT2D eigenvalue weighted by atomic mass is 16.4. The maximum Gasteiger partial charge on any atom is 0.309 e. The van der Waals surface area contributed by atoms with Crippen LogP contribution in [0.5, 0.6) is 0 Å². The summed E-state index contributed by atoms with van der Waals surface area (Å²) in [5.41, 5.74) is -1.64. The standard InChI is InChI=1S/C14H25NO4/c1-10-4-6-14(9-16,7-5-10)15-11(17)8-13(2,3)12(18)19/h10,16H,4-9H2,1-3H3,(H,15,17)(H,18,19). The minimum Gasteiger partial charge on any atom is -0.481 e. The molecule has 1 amide bonds. The summed E-state index contributed by atoms with van der Waals surface area (Å²) in [5.74, 6) is -0.666. The van der Waals surface area contributed by atoms with Gasteiger partial charge in [-0.05, 0) is 45.4 Å². The molecule has 1 fully saturated rings. The lowest BCUT2D eigenvalue weighted by atomic mass is 9.77. The third-order valence-electron chi connectivity index (χ3n) is 4.12. The molecule has 0 saturated heterocycles. The molecule has 0 unspecified atom stereocenters. The quantitative estimate of drug-likeness (QED) is 0.708. The molecule has 1 saturated carbocycles. The first kappa shape index (κ1) is 16.0. The molecule has 0 aliphatic heterocycles. The fraction of sp³-hybridized carbons (Fsp3) is 0.857. The molecule has 0 heterocycles. The van der Waals surface area contributed by atoms with E-state index in [0.717, 1.165) is 25.7 Å². The lowest BCUT2D eigenvalue weighted by Gasteiger charge is -2.39. The predicted molar refractivity (Wildman–Crippen MR) is 71.6 cm³/mol. The Hall–Kier alpha value is -1.10. The Morgan fingerprint density at radius 3 is 2.26 bits per heavy atom. The first-order valence-corrected chi connectivity index (χ1v) is 6.86. The topological polar surface area (TPSA) is 86.6 Å². The van der Waals surface area contributed by atoms with E-state index in [0.29, 0.717) is 5.92 Å². The summed E-state index contributed by atoms with van der Waals surface area (Å²) in [6, 6.07) is 0. The number of rotatable bonds is 5. The van der Waals surface area contributed by atoms with Crippen LogP contribution in [0.1, 0.15) is 52.9 Å². The predicted octanol–water partition coefficient (Wildman–Crippen LogP) is 1.54. The largest absolute Gasteiger partial charge is 0.481 e. The molecule has 0 radical (unpaired) electrons. The second-order valence-corrected chi connectivity index (χ2v) is 6.53. The summed E-state index contributed by atoms with van der Waals surface area (Å²) in [4.78, 5) is 23.0. The van der Waals surface area contributed by atoms with Crippen molar-refractivity contribution in [3.05, 3.63) is 0 Å². The van der Waals surface area contributed by atoms with Crippen molar-refractivity contribution in [2.24, 2.45) is 11.3 Å². The second kappa shape index (κ2) is 5.90. The highest BCUT2D eigenvalue weighted by Crippen LogP contribution is 2.32. The van der Waals surface area contributed by atoms with Crippen LogP contribution in [-0.2, 0) is 9.59 Å². The molecule has 110 valence electrons. The number of aliphatic carboxylic acids is 1. The van der Waals surface area contributed by atoms with Gasteiger partial charge >= 0.3 is 5.97 Å². The molecule has 1 rings (SSSR count). The number of carbonyl (C=O) groups excluding carboxylic acids is 1. The molecule has 3 N–H and O–H groups in total. The van der Waals surface area contributed by atoms with Gasteiger partial charge in [0.15, 0.2) is 0 Å². The summed E-state index contributed by atoms with van der Waals surface area (Å²) in [7, 11) is 0. The smallest absolute Gasteiger partial charge is 0.309 e. The molecule has 5 heteroatoms. The molecule has 0 spiro atoms. The summed E-state index contributed by atoms with van der Waals surface area (Å²) in [5, 5.41) is 21.4. The molecule has 1 aliphatic carbocycles. The zero-order valence-electron chi connectivity index (χ0n) is 12.0. The van der Waals surface area contributed by atoms with Crippen LogP contribution in [0.4, 0.5) is 0 Å². The molecular weight excluding hydrogens is 246 g/mol. The van der Waals surface area contributed by atoms with E-state index in [1.54, 1.807) is 0 Å². The number of amides is 1. The van der Waals surface area contributed by atoms with Gasteiger partial charge in [-0.25, -0.2) is 0 Å². The summed E-state index contributed by atoms with van der Waals surface area (Å²) < 4.78 is 0. The number of nitrogens with one attached hydrogen (secondary N) is 1. The normalized spacial score (nSPS) is 27.9. The van der Waals surface area contributed by atoms with E-state index in [4.69, 9.17) is 5.11 Å². The van der Waals surface area contributed by atoms with Crippen molar-refractivity contribution in [2.75, 3.05) is 6.61 Å². The third kappa shape index (κ3) is 4.20. The van der Waals surface area contributed by atoms with Crippen molar-refractivity contribution in [1.82, 2.24) is 5.32 Å². The third-order valence-corrected chi connectivity index (χ3v) is 4.12. The molecule has 0 aromatic carbocycles. The van der Waals surface area contributed by atoms with Crippen molar-refractivity contribution in [2.45, 2.75) is 58.4 Å². The van der Waals surface area contributed by atoms with Gasteiger partial charge < -0.3 is 15.5 Å². The van der Waals surface area contributed by atoms with Crippen LogP contribution in [0.25, 0.3) is 0 Å². The van der Waals surface area contributed by atoms with Crippen LogP contribution in [-0.4, -0.2) is 34.2 Å². The van der Waals surface area contributed by atoms with Crippen molar-refractivity contribution in [3.8, 4) is 0 Å². The minimum absolute atomic E-state index is 0.0698. The fourth-order valence-corrected chi connectivity index (χ4v) is 2.45. The lowest BCUT2D eigenvalue weighted by molar-refractivity contribution is -0.150. The van der Waals surface area contributed by atoms with Gasteiger partial charge in [0, 0.05) is 6.42 Å². The van der Waals surface area contributed by atoms with E-state index < -0.39 is 16.9 Å². The Morgan fingerprint density at radius 1 is 1.32 bits per heavy atom. The zero-order chi connectivity index (χ0) is 14.7. The Balaban J connectivity index is 2.61. The maximum absolute atomic E-state index is 12.0. The highest BCUT2D eigenvalue weighted by Gasteiger charge is 2.37. The van der Waals surface area contributed by atoms with Gasteiger partial charge in [0.2, 0.25) is 5.91 Å².